The van der Waals surface area contributed by atoms with Crippen molar-refractivity contribution in [1.82, 2.24) is 5.32 Å². The Morgan fingerprint density at radius 2 is 2.15 bits per heavy atom. The van der Waals surface area contributed by atoms with Gasteiger partial charge in [0.2, 0.25) is 5.91 Å². The molecule has 1 aromatic carbocycles. The number of benzene rings is 1. The van der Waals surface area contributed by atoms with E-state index in [-0.39, 0.29) is 24.0 Å². The first-order valence-corrected chi connectivity index (χ1v) is 7.47. The van der Waals surface area contributed by atoms with Crippen molar-refractivity contribution in [3.8, 4) is 0 Å². The van der Waals surface area contributed by atoms with E-state index in [9.17, 15) is 4.79 Å². The van der Waals surface area contributed by atoms with E-state index in [0.717, 1.165) is 31.5 Å². The Morgan fingerprint density at radius 3 is 2.80 bits per heavy atom. The molecule has 4 nitrogen and oxygen atoms in total. The van der Waals surface area contributed by atoms with Crippen LogP contribution in [-0.2, 0) is 9.53 Å². The fourth-order valence-corrected chi connectivity index (χ4v) is 3.14. The molecular formula is C16H22N2O2. The summed E-state index contributed by atoms with van der Waals surface area (Å²) in [6, 6.07) is 10.2. The number of carbonyl (C=O) groups is 1. The van der Waals surface area contributed by atoms with Crippen molar-refractivity contribution in [3.63, 3.8) is 0 Å². The predicted octanol–water partition coefficient (Wildman–Crippen LogP) is 2.17. The second kappa shape index (κ2) is 5.83. The Hall–Kier alpha value is -1.55. The minimum absolute atomic E-state index is 0.0629. The van der Waals surface area contributed by atoms with E-state index in [2.05, 4.69) is 10.6 Å². The first-order valence-electron chi connectivity index (χ1n) is 7.47. The summed E-state index contributed by atoms with van der Waals surface area (Å²) in [7, 11) is 0. The van der Waals surface area contributed by atoms with Gasteiger partial charge in [0, 0.05) is 18.3 Å². The summed E-state index contributed by atoms with van der Waals surface area (Å²) >= 11 is 0. The Bertz CT molecular complexity index is 463. The number of rotatable bonds is 5. The molecule has 0 aliphatic carbocycles. The van der Waals surface area contributed by atoms with Gasteiger partial charge in [-0.05, 0) is 38.3 Å². The Morgan fingerprint density at radius 1 is 1.35 bits per heavy atom. The number of nitrogens with one attached hydrogen (secondary N) is 2. The molecule has 0 saturated carbocycles. The average Bonchev–Trinajstić information content (AvgIpc) is 3.09. The number of amides is 1. The first-order chi connectivity index (χ1) is 9.72. The number of ether oxygens (including phenoxy) is 1. The molecule has 2 N–H and O–H groups in total. The minimum atomic E-state index is 0.0629. The molecule has 0 aromatic heterocycles. The maximum atomic E-state index is 12.2. The SMILES string of the molecule is C[C@@H](CNc1ccccc1)NC(=O)[C@H]1C[C@H]2CC[C@H]1O2. The van der Waals surface area contributed by atoms with Gasteiger partial charge >= 0.3 is 0 Å². The molecule has 2 saturated heterocycles. The van der Waals surface area contributed by atoms with Crippen molar-refractivity contribution in [2.45, 2.75) is 44.4 Å². The van der Waals surface area contributed by atoms with Crippen molar-refractivity contribution in [2.24, 2.45) is 5.92 Å². The van der Waals surface area contributed by atoms with Crippen LogP contribution in [-0.4, -0.2) is 30.7 Å². The summed E-state index contributed by atoms with van der Waals surface area (Å²) in [6.07, 6.45) is 3.55. The normalized spacial score (nSPS) is 29.1. The van der Waals surface area contributed by atoms with Crippen LogP contribution in [0.4, 0.5) is 5.69 Å². The van der Waals surface area contributed by atoms with Crippen LogP contribution in [0.3, 0.4) is 0 Å². The van der Waals surface area contributed by atoms with Gasteiger partial charge in [-0.15, -0.1) is 0 Å². The van der Waals surface area contributed by atoms with Crippen molar-refractivity contribution in [2.75, 3.05) is 11.9 Å². The number of fused-ring (bicyclic) bond motifs is 2. The molecule has 0 radical (unpaired) electrons. The van der Waals surface area contributed by atoms with E-state index in [4.69, 9.17) is 4.74 Å². The topological polar surface area (TPSA) is 50.4 Å². The summed E-state index contributed by atoms with van der Waals surface area (Å²) in [6.45, 7) is 2.76. The number of hydrogen-bond donors (Lipinski definition) is 2. The third-order valence-electron chi connectivity index (χ3n) is 4.22. The molecule has 1 amide bonds. The molecule has 2 aliphatic rings. The molecule has 20 heavy (non-hydrogen) atoms. The van der Waals surface area contributed by atoms with Gasteiger partial charge < -0.3 is 15.4 Å². The molecule has 4 heteroatoms. The van der Waals surface area contributed by atoms with Crippen LogP contribution in [0.2, 0.25) is 0 Å². The van der Waals surface area contributed by atoms with E-state index in [1.807, 2.05) is 37.3 Å². The van der Waals surface area contributed by atoms with Crippen molar-refractivity contribution in [3.05, 3.63) is 30.3 Å². The second-order valence-corrected chi connectivity index (χ2v) is 5.87. The second-order valence-electron chi connectivity index (χ2n) is 5.87. The van der Waals surface area contributed by atoms with E-state index in [1.54, 1.807) is 0 Å². The lowest BCUT2D eigenvalue weighted by molar-refractivity contribution is -0.127. The predicted molar refractivity (Wildman–Crippen MR) is 78.5 cm³/mol. The highest BCUT2D eigenvalue weighted by molar-refractivity contribution is 5.80. The van der Waals surface area contributed by atoms with Crippen molar-refractivity contribution >= 4 is 11.6 Å². The molecule has 0 unspecified atom stereocenters. The van der Waals surface area contributed by atoms with Gasteiger partial charge in [0.1, 0.15) is 0 Å². The fourth-order valence-electron chi connectivity index (χ4n) is 3.14. The summed E-state index contributed by atoms with van der Waals surface area (Å²) in [5, 5.41) is 6.42. The Balaban J connectivity index is 1.44. The number of hydrogen-bond acceptors (Lipinski definition) is 3. The summed E-state index contributed by atoms with van der Waals surface area (Å²) in [5.74, 6) is 0.215. The highest BCUT2D eigenvalue weighted by Gasteiger charge is 2.44. The van der Waals surface area contributed by atoms with Crippen LogP contribution in [0, 0.1) is 5.92 Å². The highest BCUT2D eigenvalue weighted by atomic mass is 16.5. The van der Waals surface area contributed by atoms with Gasteiger partial charge in [0.15, 0.2) is 0 Å². The molecular weight excluding hydrogens is 252 g/mol. The molecule has 2 heterocycles. The zero-order valence-electron chi connectivity index (χ0n) is 11.8. The summed E-state index contributed by atoms with van der Waals surface area (Å²) in [5.41, 5.74) is 1.08. The van der Waals surface area contributed by atoms with Gasteiger partial charge in [0.05, 0.1) is 18.1 Å². The smallest absolute Gasteiger partial charge is 0.226 e. The maximum Gasteiger partial charge on any atom is 0.226 e. The maximum absolute atomic E-state index is 12.2. The third-order valence-corrected chi connectivity index (χ3v) is 4.22. The molecule has 0 spiro atoms. The van der Waals surface area contributed by atoms with Crippen LogP contribution in [0.5, 0.6) is 0 Å². The van der Waals surface area contributed by atoms with Gasteiger partial charge in [-0.2, -0.15) is 0 Å². The van der Waals surface area contributed by atoms with Crippen molar-refractivity contribution < 1.29 is 9.53 Å². The molecule has 2 fully saturated rings. The van der Waals surface area contributed by atoms with Crippen LogP contribution < -0.4 is 10.6 Å². The molecule has 108 valence electrons. The standard InChI is InChI=1S/C16H22N2O2/c1-11(10-17-12-5-3-2-4-6-12)18-16(19)14-9-13-7-8-15(14)20-13/h2-6,11,13-15,17H,7-10H2,1H3,(H,18,19)/t11-,13+,14-,15+/m0/s1. The average molecular weight is 274 g/mol. The lowest BCUT2D eigenvalue weighted by Gasteiger charge is -2.21. The van der Waals surface area contributed by atoms with E-state index in [0.29, 0.717) is 6.10 Å². The highest BCUT2D eigenvalue weighted by Crippen LogP contribution is 2.38. The number of para-hydroxylation sites is 1. The lowest BCUT2D eigenvalue weighted by atomic mass is 9.88. The molecule has 4 atom stereocenters. The largest absolute Gasteiger partial charge is 0.383 e. The lowest BCUT2D eigenvalue weighted by Crippen LogP contribution is -2.43. The van der Waals surface area contributed by atoms with Gasteiger partial charge in [-0.1, -0.05) is 18.2 Å². The fraction of sp³-hybridized carbons (Fsp3) is 0.562. The first kappa shape index (κ1) is 13.4. The molecule has 1 aromatic rings. The van der Waals surface area contributed by atoms with Gasteiger partial charge in [0.25, 0.3) is 0 Å². The number of anilines is 1. The monoisotopic (exact) mass is 274 g/mol. The quantitative estimate of drug-likeness (QED) is 0.865. The van der Waals surface area contributed by atoms with Crippen LogP contribution in [0.15, 0.2) is 30.3 Å². The van der Waals surface area contributed by atoms with Crippen molar-refractivity contribution in [1.29, 1.82) is 0 Å². The van der Waals surface area contributed by atoms with Crippen LogP contribution >= 0.6 is 0 Å². The summed E-state index contributed by atoms with van der Waals surface area (Å²) in [4.78, 5) is 12.2. The Labute approximate surface area is 119 Å². The Kier molecular flexibility index (Phi) is 3.92. The van der Waals surface area contributed by atoms with Crippen LogP contribution in [0.25, 0.3) is 0 Å². The summed E-state index contributed by atoms with van der Waals surface area (Å²) < 4.78 is 5.74. The molecule has 2 aliphatic heterocycles. The van der Waals surface area contributed by atoms with Gasteiger partial charge in [-0.25, -0.2) is 0 Å². The van der Waals surface area contributed by atoms with Gasteiger partial charge in [-0.3, -0.25) is 4.79 Å². The minimum Gasteiger partial charge on any atom is -0.383 e. The van der Waals surface area contributed by atoms with E-state index < -0.39 is 0 Å². The number of carbonyl (C=O) groups excluding carboxylic acids is 1. The third kappa shape index (κ3) is 2.96. The van der Waals surface area contributed by atoms with E-state index >= 15 is 0 Å². The molecule has 2 bridgehead atoms. The zero-order chi connectivity index (χ0) is 13.9. The molecule has 3 rings (SSSR count). The van der Waals surface area contributed by atoms with E-state index in [1.165, 1.54) is 0 Å². The zero-order valence-corrected chi connectivity index (χ0v) is 11.8. The van der Waals surface area contributed by atoms with Crippen LogP contribution in [0.1, 0.15) is 26.2 Å².